The normalized spacial score (nSPS) is 13.6. The molecule has 0 saturated heterocycles. The third kappa shape index (κ3) is 4.89. The van der Waals surface area contributed by atoms with Gasteiger partial charge in [-0.3, -0.25) is 14.5 Å². The van der Waals surface area contributed by atoms with E-state index in [4.69, 9.17) is 4.42 Å². The van der Waals surface area contributed by atoms with Gasteiger partial charge in [0.25, 0.3) is 5.91 Å². The largest absolute Gasteiger partial charge is 0.467 e. The Morgan fingerprint density at radius 1 is 1.08 bits per heavy atom. The van der Waals surface area contributed by atoms with Crippen LogP contribution in [0.4, 0.5) is 5.69 Å². The van der Waals surface area contributed by atoms with E-state index in [0.29, 0.717) is 29.4 Å². The Bertz CT molecular complexity index is 1360. The van der Waals surface area contributed by atoms with Crippen molar-refractivity contribution < 1.29 is 14.0 Å². The van der Waals surface area contributed by atoms with Crippen LogP contribution in [0.2, 0.25) is 0 Å². The summed E-state index contributed by atoms with van der Waals surface area (Å²) in [6.07, 6.45) is 5.46. The van der Waals surface area contributed by atoms with Gasteiger partial charge in [0.05, 0.1) is 11.8 Å². The highest BCUT2D eigenvalue weighted by atomic mass is 16.3. The molecule has 186 valence electrons. The van der Waals surface area contributed by atoms with Gasteiger partial charge in [-0.15, -0.1) is 5.10 Å². The van der Waals surface area contributed by atoms with Crippen LogP contribution in [-0.2, 0) is 29.0 Å². The number of nitrogens with one attached hydrogen (secondary N) is 1. The van der Waals surface area contributed by atoms with E-state index in [9.17, 15) is 9.59 Å². The maximum atomic E-state index is 14.0. The summed E-state index contributed by atoms with van der Waals surface area (Å²) >= 11 is 0. The summed E-state index contributed by atoms with van der Waals surface area (Å²) in [5.41, 5.74) is 4.66. The van der Waals surface area contributed by atoms with E-state index < -0.39 is 6.04 Å². The molecule has 0 bridgehead atoms. The molecular weight excluding hydrogens is 454 g/mol. The van der Waals surface area contributed by atoms with Crippen molar-refractivity contribution >= 4 is 28.5 Å². The Labute approximate surface area is 210 Å². The number of benzene rings is 2. The fourth-order valence-electron chi connectivity index (χ4n) is 4.78. The molecule has 8 nitrogen and oxygen atoms in total. The van der Waals surface area contributed by atoms with Gasteiger partial charge >= 0.3 is 0 Å². The van der Waals surface area contributed by atoms with Crippen LogP contribution in [0, 0.1) is 5.92 Å². The number of hydrogen-bond acceptors (Lipinski definition) is 5. The number of para-hydroxylation sites is 1. The van der Waals surface area contributed by atoms with E-state index in [1.165, 1.54) is 17.4 Å². The molecule has 36 heavy (non-hydrogen) atoms. The summed E-state index contributed by atoms with van der Waals surface area (Å²) < 4.78 is 7.28. The maximum Gasteiger partial charge on any atom is 0.251 e. The van der Waals surface area contributed by atoms with Crippen LogP contribution in [0.3, 0.4) is 0 Å². The van der Waals surface area contributed by atoms with Crippen molar-refractivity contribution in [2.24, 2.45) is 5.92 Å². The lowest BCUT2D eigenvalue weighted by molar-refractivity contribution is -0.127. The van der Waals surface area contributed by atoms with Crippen molar-refractivity contribution in [3.05, 3.63) is 77.7 Å². The lowest BCUT2D eigenvalue weighted by atomic mass is 10.1. The Morgan fingerprint density at radius 3 is 2.72 bits per heavy atom. The Balaban J connectivity index is 1.53. The van der Waals surface area contributed by atoms with Gasteiger partial charge in [-0.1, -0.05) is 37.3 Å². The second kappa shape index (κ2) is 10.4. The van der Waals surface area contributed by atoms with E-state index in [-0.39, 0.29) is 18.4 Å². The summed E-state index contributed by atoms with van der Waals surface area (Å²) in [7, 11) is 0. The van der Waals surface area contributed by atoms with Gasteiger partial charge in [0.2, 0.25) is 5.91 Å². The number of fused-ring (bicyclic) bond motifs is 2. The van der Waals surface area contributed by atoms with Crippen LogP contribution in [-0.4, -0.2) is 33.4 Å². The summed E-state index contributed by atoms with van der Waals surface area (Å²) in [6.45, 7) is 4.68. The Kier molecular flexibility index (Phi) is 6.84. The average Bonchev–Trinajstić information content (AvgIpc) is 3.63. The molecule has 0 aliphatic heterocycles. The molecule has 1 aliphatic carbocycles. The molecule has 1 atom stereocenters. The van der Waals surface area contributed by atoms with E-state index in [2.05, 4.69) is 35.5 Å². The highest BCUT2D eigenvalue weighted by Crippen LogP contribution is 2.33. The SMILES string of the molecule is CC(C)CCNC(=O)[C@@H](c1ccco1)N(C(=O)Cn1nnc2ccccc21)c1ccc2c(c1)CCC2. The minimum Gasteiger partial charge on any atom is -0.467 e. The first-order valence-corrected chi connectivity index (χ1v) is 12.5. The van der Waals surface area contributed by atoms with Crippen molar-refractivity contribution in [3.8, 4) is 0 Å². The highest BCUT2D eigenvalue weighted by molar-refractivity contribution is 6.01. The third-order valence-corrected chi connectivity index (χ3v) is 6.67. The first-order chi connectivity index (χ1) is 17.5. The van der Waals surface area contributed by atoms with Crippen LogP contribution >= 0.6 is 0 Å². The monoisotopic (exact) mass is 485 g/mol. The van der Waals surface area contributed by atoms with Crippen LogP contribution < -0.4 is 10.2 Å². The molecule has 1 aliphatic rings. The van der Waals surface area contributed by atoms with Gasteiger partial charge in [-0.25, -0.2) is 4.68 Å². The van der Waals surface area contributed by atoms with Crippen LogP contribution in [0.25, 0.3) is 11.0 Å². The predicted molar refractivity (Wildman–Crippen MR) is 137 cm³/mol. The van der Waals surface area contributed by atoms with Crippen LogP contribution in [0.15, 0.2) is 65.3 Å². The average molecular weight is 486 g/mol. The topological polar surface area (TPSA) is 93.3 Å². The standard InChI is InChI=1S/C28H31N5O3/c1-19(2)14-15-29-28(35)27(25-11-6-16-36-25)33(22-13-12-20-7-5-8-21(20)17-22)26(34)18-32-24-10-4-3-9-23(24)30-31-32/h3-4,6,9-13,16-17,19,27H,5,7-8,14-15,18H2,1-2H3,(H,29,35)/t27-/m1/s1. The Hall–Kier alpha value is -3.94. The number of rotatable bonds is 9. The van der Waals surface area contributed by atoms with E-state index in [1.807, 2.05) is 36.4 Å². The third-order valence-electron chi connectivity index (χ3n) is 6.67. The Morgan fingerprint density at radius 2 is 1.92 bits per heavy atom. The van der Waals surface area contributed by atoms with Crippen LogP contribution in [0.5, 0.6) is 0 Å². The zero-order chi connectivity index (χ0) is 25.1. The number of amides is 2. The molecule has 0 radical (unpaired) electrons. The zero-order valence-corrected chi connectivity index (χ0v) is 20.7. The van der Waals surface area contributed by atoms with Gasteiger partial charge in [0.15, 0.2) is 6.04 Å². The van der Waals surface area contributed by atoms with Gasteiger partial charge in [0, 0.05) is 12.2 Å². The molecule has 0 fully saturated rings. The molecular formula is C28H31N5O3. The lowest BCUT2D eigenvalue weighted by Gasteiger charge is -2.30. The molecule has 2 amide bonds. The number of anilines is 1. The fourth-order valence-corrected chi connectivity index (χ4v) is 4.78. The molecule has 8 heteroatoms. The van der Waals surface area contributed by atoms with Gasteiger partial charge in [0.1, 0.15) is 17.8 Å². The molecule has 2 heterocycles. The number of aromatic nitrogens is 3. The van der Waals surface area contributed by atoms with Crippen molar-refractivity contribution in [2.45, 2.75) is 52.1 Å². The first kappa shape index (κ1) is 23.8. The quantitative estimate of drug-likeness (QED) is 0.378. The predicted octanol–water partition coefficient (Wildman–Crippen LogP) is 4.45. The van der Waals surface area contributed by atoms with Crippen molar-refractivity contribution in [2.75, 3.05) is 11.4 Å². The van der Waals surface area contributed by atoms with E-state index in [1.54, 1.807) is 21.7 Å². The fraction of sp³-hybridized carbons (Fsp3) is 0.357. The molecule has 1 N–H and O–H groups in total. The van der Waals surface area contributed by atoms with Gasteiger partial charge in [-0.2, -0.15) is 0 Å². The summed E-state index contributed by atoms with van der Waals surface area (Å²) in [6, 6.07) is 16.1. The minimum atomic E-state index is -0.950. The molecule has 0 saturated carbocycles. The first-order valence-electron chi connectivity index (χ1n) is 12.5. The summed E-state index contributed by atoms with van der Waals surface area (Å²) in [5, 5.41) is 11.4. The molecule has 0 unspecified atom stereocenters. The van der Waals surface area contributed by atoms with Crippen molar-refractivity contribution in [1.82, 2.24) is 20.3 Å². The zero-order valence-electron chi connectivity index (χ0n) is 20.7. The van der Waals surface area contributed by atoms with Crippen LogP contribution in [0.1, 0.15) is 49.6 Å². The number of aryl methyl sites for hydroxylation is 2. The minimum absolute atomic E-state index is 0.0614. The number of nitrogens with zero attached hydrogens (tertiary/aromatic N) is 4. The maximum absolute atomic E-state index is 14.0. The number of furan rings is 1. The second-order valence-corrected chi connectivity index (χ2v) is 9.70. The smallest absolute Gasteiger partial charge is 0.251 e. The van der Waals surface area contributed by atoms with Gasteiger partial charge in [-0.05, 0) is 79.1 Å². The number of carbonyl (C=O) groups is 2. The molecule has 0 spiro atoms. The molecule has 2 aromatic heterocycles. The second-order valence-electron chi connectivity index (χ2n) is 9.70. The molecule has 5 rings (SSSR count). The molecule has 4 aromatic rings. The summed E-state index contributed by atoms with van der Waals surface area (Å²) in [5.74, 6) is 0.309. The van der Waals surface area contributed by atoms with Crippen molar-refractivity contribution in [3.63, 3.8) is 0 Å². The van der Waals surface area contributed by atoms with E-state index in [0.717, 1.165) is 31.2 Å². The highest BCUT2D eigenvalue weighted by Gasteiger charge is 2.35. The molecule has 2 aromatic carbocycles. The van der Waals surface area contributed by atoms with E-state index >= 15 is 0 Å². The number of carbonyl (C=O) groups excluding carboxylic acids is 2. The lowest BCUT2D eigenvalue weighted by Crippen LogP contribution is -2.45. The van der Waals surface area contributed by atoms with Crippen molar-refractivity contribution in [1.29, 1.82) is 0 Å². The summed E-state index contributed by atoms with van der Waals surface area (Å²) in [4.78, 5) is 29.1. The number of hydrogen-bond donors (Lipinski definition) is 1. The van der Waals surface area contributed by atoms with Gasteiger partial charge < -0.3 is 9.73 Å².